The monoisotopic (exact) mass is 525 g/mol. The molecule has 0 bridgehead atoms. The summed E-state index contributed by atoms with van der Waals surface area (Å²) in [5.74, 6) is 0. The zero-order chi connectivity index (χ0) is 25.3. The quantitative estimate of drug-likeness (QED) is 0.269. The molecule has 1 aliphatic heterocycles. The molecule has 0 unspecified atom stereocenters. The lowest BCUT2D eigenvalue weighted by Crippen LogP contribution is -2.45. The van der Waals surface area contributed by atoms with Crippen molar-refractivity contribution in [3.05, 3.63) is 121 Å². The summed E-state index contributed by atoms with van der Waals surface area (Å²) in [5.41, 5.74) is 0. The fourth-order valence-corrected chi connectivity index (χ4v) is 11.0. The smallest absolute Gasteiger partial charge is 0.0323 e. The summed E-state index contributed by atoms with van der Waals surface area (Å²) < 4.78 is 2.87. The largest absolute Gasteiger partial charge is 0.304 e. The fourth-order valence-electron chi connectivity index (χ4n) is 4.90. The van der Waals surface area contributed by atoms with Crippen LogP contribution in [0.2, 0.25) is 0 Å². The minimum Gasteiger partial charge on any atom is -0.304 e. The van der Waals surface area contributed by atoms with Gasteiger partial charge in [-0.05, 0) is 41.2 Å². The van der Waals surface area contributed by atoms with Crippen molar-refractivity contribution in [2.24, 2.45) is 0 Å². The fraction of sp³-hybridized carbons (Fsp3) is 0.250. The van der Waals surface area contributed by atoms with E-state index in [2.05, 4.69) is 143 Å². The Bertz CT molecular complexity index is 1020. The maximum atomic E-state index is 2.87. The van der Waals surface area contributed by atoms with Crippen molar-refractivity contribution in [2.45, 2.75) is 6.42 Å². The van der Waals surface area contributed by atoms with Crippen LogP contribution in [-0.4, -0.2) is 60.6 Å². The molecule has 5 heteroatoms. The predicted molar refractivity (Wildman–Crippen MR) is 163 cm³/mol. The van der Waals surface area contributed by atoms with Crippen LogP contribution in [0.15, 0.2) is 121 Å². The number of piperazine rings is 1. The lowest BCUT2D eigenvalue weighted by molar-refractivity contribution is 0.152. The molecule has 3 nitrogen and oxygen atoms in total. The summed E-state index contributed by atoms with van der Waals surface area (Å²) in [7, 11) is 0.832. The van der Waals surface area contributed by atoms with Crippen molar-refractivity contribution in [3.8, 4) is 0 Å². The van der Waals surface area contributed by atoms with Crippen molar-refractivity contribution >= 4 is 37.4 Å². The van der Waals surface area contributed by atoms with Gasteiger partial charge in [0.05, 0.1) is 0 Å². The van der Waals surface area contributed by atoms with Crippen LogP contribution in [0.5, 0.6) is 0 Å². The minimum atomic E-state index is -0.702. The number of nitrogens with zero attached hydrogens (tertiary/aromatic N) is 3. The maximum Gasteiger partial charge on any atom is 0.0323 e. The van der Waals surface area contributed by atoms with Crippen LogP contribution >= 0.6 is 16.1 Å². The third-order valence-electron chi connectivity index (χ3n) is 6.89. The topological polar surface area (TPSA) is 9.72 Å². The average molecular weight is 526 g/mol. The molecule has 4 aromatic rings. The highest BCUT2D eigenvalue weighted by atomic mass is 31.2. The van der Waals surface area contributed by atoms with E-state index in [1.165, 1.54) is 53.8 Å². The van der Waals surface area contributed by atoms with Crippen molar-refractivity contribution < 1.29 is 0 Å². The molecule has 0 radical (unpaired) electrons. The molecule has 1 fully saturated rings. The SMILES string of the molecule is CN1CCN(CCCN(P(c2ccccc2)c2ccccc2)P(c2ccccc2)c2ccccc2)CC1. The van der Waals surface area contributed by atoms with E-state index in [0.29, 0.717) is 0 Å². The Labute approximate surface area is 225 Å². The highest BCUT2D eigenvalue weighted by Crippen LogP contribution is 2.54. The second-order valence-electron chi connectivity index (χ2n) is 9.56. The van der Waals surface area contributed by atoms with E-state index >= 15 is 0 Å². The van der Waals surface area contributed by atoms with Crippen molar-refractivity contribution in [2.75, 3.05) is 46.3 Å². The lowest BCUT2D eigenvalue weighted by atomic mass is 10.3. The molecular formula is C32H37N3P2. The second kappa shape index (κ2) is 13.4. The molecule has 4 aromatic carbocycles. The van der Waals surface area contributed by atoms with Gasteiger partial charge in [0.1, 0.15) is 0 Å². The van der Waals surface area contributed by atoms with E-state index in [9.17, 15) is 0 Å². The Morgan fingerprint density at radius 2 is 0.892 bits per heavy atom. The minimum absolute atomic E-state index is 0.702. The van der Waals surface area contributed by atoms with E-state index in [1.54, 1.807) is 0 Å². The van der Waals surface area contributed by atoms with E-state index in [0.717, 1.165) is 13.1 Å². The molecule has 0 aliphatic carbocycles. The lowest BCUT2D eigenvalue weighted by Gasteiger charge is -2.40. The maximum absolute atomic E-state index is 2.87. The van der Waals surface area contributed by atoms with Gasteiger partial charge in [-0.1, -0.05) is 121 Å². The predicted octanol–water partition coefficient (Wildman–Crippen LogP) is 5.02. The summed E-state index contributed by atoms with van der Waals surface area (Å²) >= 11 is 0. The molecule has 190 valence electrons. The Balaban J connectivity index is 1.55. The van der Waals surface area contributed by atoms with Crippen LogP contribution in [0.25, 0.3) is 0 Å². The first-order chi connectivity index (χ1) is 18.3. The van der Waals surface area contributed by atoms with Crippen molar-refractivity contribution in [1.82, 2.24) is 14.2 Å². The van der Waals surface area contributed by atoms with Gasteiger partial charge in [0.15, 0.2) is 0 Å². The number of rotatable bonds is 10. The first-order valence-electron chi connectivity index (χ1n) is 13.3. The summed E-state index contributed by atoms with van der Waals surface area (Å²) in [4.78, 5) is 5.09. The van der Waals surface area contributed by atoms with Gasteiger partial charge in [-0.25, -0.2) is 4.44 Å². The third-order valence-corrected chi connectivity index (χ3v) is 12.4. The second-order valence-corrected chi connectivity index (χ2v) is 14.2. The standard InChI is InChI=1S/C32H37N3P2/c1-33-25-27-34(28-26-33)23-14-24-35(36(29-15-6-2-7-16-29)30-17-8-3-9-18-30)37(31-19-10-4-11-20-31)32-21-12-5-13-22-32/h2-13,15-22H,14,23-28H2,1H3. The average Bonchev–Trinajstić information content (AvgIpc) is 2.96. The van der Waals surface area contributed by atoms with E-state index in [1.807, 2.05) is 0 Å². The molecule has 0 spiro atoms. The highest BCUT2D eigenvalue weighted by Gasteiger charge is 2.31. The molecule has 1 aliphatic rings. The van der Waals surface area contributed by atoms with Crippen LogP contribution in [0.3, 0.4) is 0 Å². The van der Waals surface area contributed by atoms with Gasteiger partial charge in [-0.3, -0.25) is 0 Å². The first-order valence-corrected chi connectivity index (χ1v) is 15.9. The van der Waals surface area contributed by atoms with Crippen LogP contribution in [-0.2, 0) is 0 Å². The Morgan fingerprint density at radius 3 is 1.24 bits per heavy atom. The van der Waals surface area contributed by atoms with Crippen LogP contribution in [0.4, 0.5) is 0 Å². The number of benzene rings is 4. The van der Waals surface area contributed by atoms with Crippen LogP contribution in [0, 0.1) is 0 Å². The normalized spacial score (nSPS) is 15.0. The van der Waals surface area contributed by atoms with Crippen molar-refractivity contribution in [1.29, 1.82) is 0 Å². The van der Waals surface area contributed by atoms with Crippen LogP contribution in [0.1, 0.15) is 6.42 Å². The van der Waals surface area contributed by atoms with Gasteiger partial charge in [0.25, 0.3) is 0 Å². The molecule has 37 heavy (non-hydrogen) atoms. The Hall–Kier alpha value is -2.38. The summed E-state index contributed by atoms with van der Waals surface area (Å²) in [6.07, 6.45) is 1.17. The van der Waals surface area contributed by atoms with E-state index in [-0.39, 0.29) is 0 Å². The summed E-state index contributed by atoms with van der Waals surface area (Å²) in [6.45, 7) is 6.92. The number of hydrogen-bond acceptors (Lipinski definition) is 3. The molecule has 0 aromatic heterocycles. The summed E-state index contributed by atoms with van der Waals surface area (Å²) in [5, 5.41) is 5.68. The summed E-state index contributed by atoms with van der Waals surface area (Å²) in [6, 6.07) is 44.8. The molecule has 1 saturated heterocycles. The van der Waals surface area contributed by atoms with E-state index < -0.39 is 16.1 Å². The van der Waals surface area contributed by atoms with E-state index in [4.69, 9.17) is 0 Å². The molecular weight excluding hydrogens is 488 g/mol. The number of likely N-dealkylation sites (N-methyl/N-ethyl adjacent to an activating group) is 1. The van der Waals surface area contributed by atoms with Gasteiger partial charge in [-0.15, -0.1) is 0 Å². The first kappa shape index (κ1) is 26.2. The van der Waals surface area contributed by atoms with Gasteiger partial charge in [0, 0.05) is 48.9 Å². The molecule has 0 saturated carbocycles. The van der Waals surface area contributed by atoms with Gasteiger partial charge in [-0.2, -0.15) is 0 Å². The molecule has 0 N–H and O–H groups in total. The third kappa shape index (κ3) is 6.94. The molecule has 0 atom stereocenters. The molecule has 5 rings (SSSR count). The zero-order valence-electron chi connectivity index (χ0n) is 21.7. The zero-order valence-corrected chi connectivity index (χ0v) is 23.5. The molecule has 1 heterocycles. The van der Waals surface area contributed by atoms with Gasteiger partial charge >= 0.3 is 0 Å². The van der Waals surface area contributed by atoms with Crippen LogP contribution < -0.4 is 21.2 Å². The van der Waals surface area contributed by atoms with Crippen molar-refractivity contribution in [3.63, 3.8) is 0 Å². The van der Waals surface area contributed by atoms with Gasteiger partial charge in [0.2, 0.25) is 0 Å². The number of hydrogen-bond donors (Lipinski definition) is 0. The molecule has 0 amide bonds. The Morgan fingerprint density at radius 1 is 0.541 bits per heavy atom. The Kier molecular flexibility index (Phi) is 9.52. The van der Waals surface area contributed by atoms with Gasteiger partial charge < -0.3 is 9.80 Å². The highest BCUT2D eigenvalue weighted by molar-refractivity contribution is 7.84.